The number of ether oxygens (including phenoxy) is 6. The molecule has 0 fully saturated rings. The summed E-state index contributed by atoms with van der Waals surface area (Å²) in [6.45, 7) is -0.939. The monoisotopic (exact) mass is 514 g/mol. The molecule has 194 valence electrons. The highest BCUT2D eigenvalue weighted by Gasteiger charge is 2.31. The van der Waals surface area contributed by atoms with Gasteiger partial charge in [0.1, 0.15) is 23.3 Å². The highest BCUT2D eigenvalue weighted by Crippen LogP contribution is 2.25. The van der Waals surface area contributed by atoms with Gasteiger partial charge >= 0.3 is 23.9 Å². The minimum atomic E-state index is -1.64. The average Bonchev–Trinajstić information content (AvgIpc) is 2.93. The summed E-state index contributed by atoms with van der Waals surface area (Å²) in [5, 5.41) is 0.228. The maximum atomic E-state index is 13.0. The van der Waals surface area contributed by atoms with E-state index in [2.05, 4.69) is 18.9 Å². The molecule has 1 heterocycles. The molecule has 0 N–H and O–H groups in total. The summed E-state index contributed by atoms with van der Waals surface area (Å²) >= 11 is 0. The molecular formula is C25H22O12. The summed E-state index contributed by atoms with van der Waals surface area (Å²) in [4.78, 5) is 59.3. The van der Waals surface area contributed by atoms with Crippen LogP contribution in [0.4, 0.5) is 0 Å². The molecule has 3 aromatic rings. The van der Waals surface area contributed by atoms with Gasteiger partial charge in [0.05, 0.1) is 32.3 Å². The van der Waals surface area contributed by atoms with Gasteiger partial charge in [-0.15, -0.1) is 0 Å². The fourth-order valence-electron chi connectivity index (χ4n) is 3.04. The summed E-state index contributed by atoms with van der Waals surface area (Å²) in [6.07, 6.45) is -0.388. The van der Waals surface area contributed by atoms with Crippen molar-refractivity contribution in [1.82, 2.24) is 0 Å². The Hall–Kier alpha value is -4.87. The normalized spacial score (nSPS) is 10.5. The van der Waals surface area contributed by atoms with Crippen molar-refractivity contribution in [2.45, 2.75) is 6.10 Å². The lowest BCUT2D eigenvalue weighted by molar-refractivity contribution is -0.163. The van der Waals surface area contributed by atoms with E-state index in [9.17, 15) is 24.0 Å². The molecule has 0 radical (unpaired) electrons. The van der Waals surface area contributed by atoms with Crippen molar-refractivity contribution in [3.05, 3.63) is 59.0 Å². The molecular weight excluding hydrogens is 492 g/mol. The van der Waals surface area contributed by atoms with E-state index < -0.39 is 43.2 Å². The molecule has 12 heteroatoms. The van der Waals surface area contributed by atoms with Crippen LogP contribution in [-0.2, 0) is 38.1 Å². The smallest absolute Gasteiger partial charge is 0.359 e. The molecule has 0 atom stereocenters. The zero-order chi connectivity index (χ0) is 26.9. The molecule has 1 aromatic heterocycles. The number of benzene rings is 2. The van der Waals surface area contributed by atoms with Crippen molar-refractivity contribution in [3.63, 3.8) is 0 Å². The number of carbonyl (C=O) groups excluding carboxylic acids is 4. The molecule has 12 nitrogen and oxygen atoms in total. The van der Waals surface area contributed by atoms with Crippen molar-refractivity contribution in [2.75, 3.05) is 34.5 Å². The number of fused-ring (bicyclic) bond motifs is 1. The van der Waals surface area contributed by atoms with Crippen LogP contribution >= 0.6 is 0 Å². The Morgan fingerprint density at radius 2 is 1.46 bits per heavy atom. The topological polar surface area (TPSA) is 154 Å². The lowest BCUT2D eigenvalue weighted by Gasteiger charge is -2.14. The number of hydrogen-bond donors (Lipinski definition) is 0. The van der Waals surface area contributed by atoms with E-state index in [1.807, 2.05) is 0 Å². The van der Waals surface area contributed by atoms with Crippen LogP contribution in [0.25, 0.3) is 22.1 Å². The van der Waals surface area contributed by atoms with Gasteiger partial charge in [0.15, 0.2) is 18.6 Å². The average molecular weight is 514 g/mol. The quantitative estimate of drug-likeness (QED) is 0.219. The van der Waals surface area contributed by atoms with Crippen molar-refractivity contribution in [1.29, 1.82) is 0 Å². The second-order valence-corrected chi connectivity index (χ2v) is 7.23. The first-order valence-corrected chi connectivity index (χ1v) is 10.6. The molecule has 0 amide bonds. The van der Waals surface area contributed by atoms with Gasteiger partial charge in [-0.3, -0.25) is 4.79 Å². The predicted molar refractivity (Wildman–Crippen MR) is 125 cm³/mol. The van der Waals surface area contributed by atoms with Gasteiger partial charge in [0.2, 0.25) is 0 Å². The van der Waals surface area contributed by atoms with E-state index in [4.69, 9.17) is 13.9 Å². The fourth-order valence-corrected chi connectivity index (χ4v) is 3.04. The minimum Gasteiger partial charge on any atom is -0.482 e. The third-order valence-electron chi connectivity index (χ3n) is 4.93. The number of rotatable bonds is 10. The lowest BCUT2D eigenvalue weighted by Crippen LogP contribution is -2.37. The minimum absolute atomic E-state index is 0.0795. The SMILES string of the molecule is COC(=O)COC(=O)COc1ccc(-c2coc3cc(OC(C(=O)OC)C(=O)OC)ccc3c2=O)cc1. The van der Waals surface area contributed by atoms with Crippen molar-refractivity contribution < 1.29 is 52.0 Å². The van der Waals surface area contributed by atoms with Crippen LogP contribution in [0, 0.1) is 0 Å². The summed E-state index contributed by atoms with van der Waals surface area (Å²) in [7, 11) is 3.37. The van der Waals surface area contributed by atoms with E-state index in [1.165, 1.54) is 31.6 Å². The molecule has 0 aliphatic heterocycles. The maximum absolute atomic E-state index is 13.0. The molecule has 2 aromatic carbocycles. The van der Waals surface area contributed by atoms with Crippen molar-refractivity contribution in [3.8, 4) is 22.6 Å². The first-order valence-electron chi connectivity index (χ1n) is 10.6. The van der Waals surface area contributed by atoms with Gasteiger partial charge in [-0.2, -0.15) is 0 Å². The zero-order valence-corrected chi connectivity index (χ0v) is 20.0. The molecule has 0 spiro atoms. The van der Waals surface area contributed by atoms with E-state index in [-0.39, 0.29) is 27.7 Å². The van der Waals surface area contributed by atoms with Gasteiger partial charge in [-0.1, -0.05) is 12.1 Å². The molecule has 3 rings (SSSR count). The third kappa shape index (κ3) is 6.63. The second-order valence-electron chi connectivity index (χ2n) is 7.23. The van der Waals surface area contributed by atoms with Crippen LogP contribution in [0.5, 0.6) is 11.5 Å². The van der Waals surface area contributed by atoms with Crippen LogP contribution in [0.3, 0.4) is 0 Å². The second kappa shape index (κ2) is 12.2. The Morgan fingerprint density at radius 1 is 0.811 bits per heavy atom. The third-order valence-corrected chi connectivity index (χ3v) is 4.93. The Labute approximate surface area is 209 Å². The molecule has 0 unspecified atom stereocenters. The Kier molecular flexibility index (Phi) is 8.81. The van der Waals surface area contributed by atoms with Crippen molar-refractivity contribution >= 4 is 34.8 Å². The fraction of sp³-hybridized carbons (Fsp3) is 0.240. The van der Waals surface area contributed by atoms with Gasteiger partial charge in [0.25, 0.3) is 6.10 Å². The van der Waals surface area contributed by atoms with Gasteiger partial charge in [-0.25, -0.2) is 19.2 Å². The Morgan fingerprint density at radius 3 is 2.08 bits per heavy atom. The standard InChI is InChI=1S/C25H22O12/c1-31-20(26)12-36-21(27)13-34-15-6-4-14(5-7-15)18-11-35-19-10-16(8-9-17(19)22(18)28)37-23(24(29)32-2)25(30)33-3/h4-11,23H,12-13H2,1-3H3. The largest absolute Gasteiger partial charge is 0.482 e. The summed E-state index contributed by atoms with van der Waals surface area (Å²) in [5.41, 5.74) is 0.593. The lowest BCUT2D eigenvalue weighted by atomic mass is 10.1. The van der Waals surface area contributed by atoms with E-state index >= 15 is 0 Å². The number of esters is 4. The molecule has 0 bridgehead atoms. The molecule has 0 aliphatic rings. The van der Waals surface area contributed by atoms with E-state index in [0.717, 1.165) is 14.2 Å². The first kappa shape index (κ1) is 26.7. The van der Waals surface area contributed by atoms with Gasteiger partial charge < -0.3 is 32.8 Å². The first-order chi connectivity index (χ1) is 17.8. The molecule has 0 saturated carbocycles. The van der Waals surface area contributed by atoms with Crippen LogP contribution < -0.4 is 14.9 Å². The molecule has 0 saturated heterocycles. The van der Waals surface area contributed by atoms with Crippen LogP contribution in [0.15, 0.2) is 57.9 Å². The summed E-state index contributed by atoms with van der Waals surface area (Å²) < 4.78 is 34.5. The van der Waals surface area contributed by atoms with Gasteiger partial charge in [0, 0.05) is 6.07 Å². The highest BCUT2D eigenvalue weighted by atomic mass is 16.6. The van der Waals surface area contributed by atoms with Crippen LogP contribution in [-0.4, -0.2) is 64.5 Å². The number of hydrogen-bond acceptors (Lipinski definition) is 12. The molecule has 37 heavy (non-hydrogen) atoms. The van der Waals surface area contributed by atoms with E-state index in [0.29, 0.717) is 11.3 Å². The predicted octanol–water partition coefficient (Wildman–Crippen LogP) is 1.65. The van der Waals surface area contributed by atoms with Crippen molar-refractivity contribution in [2.24, 2.45) is 0 Å². The van der Waals surface area contributed by atoms with Crippen LogP contribution in [0.1, 0.15) is 0 Å². The molecule has 0 aliphatic carbocycles. The van der Waals surface area contributed by atoms with Gasteiger partial charge in [-0.05, 0) is 29.8 Å². The summed E-state index contributed by atoms with van der Waals surface area (Å²) in [6, 6.07) is 10.5. The Balaban J connectivity index is 1.73. The van der Waals surface area contributed by atoms with E-state index in [1.54, 1.807) is 24.3 Å². The van der Waals surface area contributed by atoms with Crippen LogP contribution in [0.2, 0.25) is 0 Å². The Bertz CT molecular complexity index is 1340. The number of methoxy groups -OCH3 is 3. The maximum Gasteiger partial charge on any atom is 0.359 e. The highest BCUT2D eigenvalue weighted by molar-refractivity contribution is 5.98. The number of carbonyl (C=O) groups is 4. The zero-order valence-electron chi connectivity index (χ0n) is 20.0. The summed E-state index contributed by atoms with van der Waals surface area (Å²) in [5.74, 6) is -2.93.